The van der Waals surface area contributed by atoms with E-state index in [-0.39, 0.29) is 32.0 Å². The van der Waals surface area contributed by atoms with E-state index in [0.717, 1.165) is 41.7 Å². The number of allylic oxidation sites excluding steroid dienone is 2. The molecule has 0 radical (unpaired) electrons. The minimum Gasteiger partial charge on any atom is -0.491 e. The third-order valence-corrected chi connectivity index (χ3v) is 15.0. The van der Waals surface area contributed by atoms with Crippen LogP contribution < -0.4 is 19.9 Å². The SMILES string of the molecule is COC(=O)[C@@H](NC(=O)N1C(=O)[C@@]2(c3cc(C#CC4=CCCCC4)ccc31)[C@H](C(=O)N1CCN(c3ncccn3)CC1)[C@H]1C(=O)O[C@H](c3ccccc3)[C@H](c3ccccc3)N1[C@@H]2c1ccc(OCCO)cc1)C(C)C. The van der Waals surface area contributed by atoms with Crippen LogP contribution in [0.2, 0.25) is 0 Å². The molecule has 4 amide bonds. The number of benzene rings is 4. The van der Waals surface area contributed by atoms with Crippen LogP contribution in [0.3, 0.4) is 0 Å². The summed E-state index contributed by atoms with van der Waals surface area (Å²) in [4.78, 5) is 93.1. The Bertz CT molecular complexity index is 2990. The van der Waals surface area contributed by atoms with E-state index in [1.165, 1.54) is 7.11 Å². The predicted octanol–water partition coefficient (Wildman–Crippen LogP) is 6.62. The van der Waals surface area contributed by atoms with Gasteiger partial charge in [-0.25, -0.2) is 24.5 Å². The maximum atomic E-state index is 16.9. The Kier molecular flexibility index (Phi) is 14.3. The van der Waals surface area contributed by atoms with Gasteiger partial charge in [-0.1, -0.05) is 105 Å². The third kappa shape index (κ3) is 9.04. The number of aliphatic hydroxyl groups excluding tert-OH is 1. The molecule has 1 spiro atoms. The number of rotatable bonds is 11. The highest BCUT2D eigenvalue weighted by molar-refractivity contribution is 6.25. The molecule has 10 rings (SSSR count). The zero-order valence-corrected chi connectivity index (χ0v) is 41.6. The largest absolute Gasteiger partial charge is 0.491 e. The highest BCUT2D eigenvalue weighted by atomic mass is 16.6. The summed E-state index contributed by atoms with van der Waals surface area (Å²) in [7, 11) is 1.23. The van der Waals surface area contributed by atoms with Gasteiger partial charge in [-0.3, -0.25) is 19.3 Å². The average Bonchev–Trinajstić information content (AvgIpc) is 3.92. The fourth-order valence-corrected chi connectivity index (χ4v) is 11.6. The van der Waals surface area contributed by atoms with Crippen molar-refractivity contribution < 1.29 is 43.3 Å². The zero-order valence-electron chi connectivity index (χ0n) is 41.6. The fourth-order valence-electron chi connectivity index (χ4n) is 11.6. The van der Waals surface area contributed by atoms with Gasteiger partial charge in [0.05, 0.1) is 37.4 Å². The lowest BCUT2D eigenvalue weighted by Gasteiger charge is -2.46. The van der Waals surface area contributed by atoms with Crippen molar-refractivity contribution in [2.24, 2.45) is 11.8 Å². The second-order valence-corrected chi connectivity index (χ2v) is 19.6. The van der Waals surface area contributed by atoms with Crippen LogP contribution in [-0.4, -0.2) is 113 Å². The summed E-state index contributed by atoms with van der Waals surface area (Å²) in [5, 5.41) is 12.5. The van der Waals surface area contributed by atoms with Gasteiger partial charge < -0.3 is 34.4 Å². The number of hydrogen-bond acceptors (Lipinski definition) is 13. The zero-order chi connectivity index (χ0) is 51.5. The Hall–Kier alpha value is -7.87. The number of aliphatic hydroxyl groups is 1. The number of nitrogens with zero attached hydrogens (tertiary/aromatic N) is 6. The first-order valence-electron chi connectivity index (χ1n) is 25.4. The quantitative estimate of drug-likeness (QED) is 0.106. The van der Waals surface area contributed by atoms with Crippen LogP contribution in [0.15, 0.2) is 133 Å². The lowest BCUT2D eigenvalue weighted by Crippen LogP contribution is -2.60. The molecule has 1 aromatic heterocycles. The van der Waals surface area contributed by atoms with Gasteiger partial charge in [0.15, 0.2) is 0 Å². The Morgan fingerprint density at radius 2 is 1.54 bits per heavy atom. The maximum Gasteiger partial charge on any atom is 0.329 e. The highest BCUT2D eigenvalue weighted by Gasteiger charge is 2.76. The van der Waals surface area contributed by atoms with Crippen molar-refractivity contribution in [1.29, 1.82) is 0 Å². The Labute approximate surface area is 430 Å². The molecule has 5 aliphatic rings. The topological polar surface area (TPSA) is 184 Å². The van der Waals surface area contributed by atoms with E-state index in [4.69, 9.17) is 14.2 Å². The molecule has 74 heavy (non-hydrogen) atoms. The van der Waals surface area contributed by atoms with E-state index in [2.05, 4.69) is 33.2 Å². The van der Waals surface area contributed by atoms with Gasteiger partial charge >= 0.3 is 18.0 Å². The van der Waals surface area contributed by atoms with Crippen molar-refractivity contribution in [3.05, 3.63) is 161 Å². The van der Waals surface area contributed by atoms with Crippen LogP contribution in [-0.2, 0) is 34.1 Å². The number of carbonyl (C=O) groups is 5. The van der Waals surface area contributed by atoms with Crippen molar-refractivity contribution in [3.63, 3.8) is 0 Å². The van der Waals surface area contributed by atoms with Gasteiger partial charge in [-0.05, 0) is 95.8 Å². The van der Waals surface area contributed by atoms with Crippen LogP contribution >= 0.6 is 0 Å². The molecule has 16 nitrogen and oxygen atoms in total. The molecule has 3 saturated heterocycles. The highest BCUT2D eigenvalue weighted by Crippen LogP contribution is 2.66. The second kappa shape index (κ2) is 21.3. The molecule has 0 unspecified atom stereocenters. The number of methoxy groups -OCH3 is 1. The van der Waals surface area contributed by atoms with Crippen LogP contribution in [0.4, 0.5) is 16.4 Å². The number of aromatic nitrogens is 2. The molecule has 380 valence electrons. The first-order chi connectivity index (χ1) is 36.0. The van der Waals surface area contributed by atoms with Crippen molar-refractivity contribution in [2.45, 2.75) is 75.2 Å². The van der Waals surface area contributed by atoms with Gasteiger partial charge in [0.1, 0.15) is 36.0 Å². The summed E-state index contributed by atoms with van der Waals surface area (Å²) in [6.07, 6.45) is 8.37. The number of esters is 2. The standard InChI is InChI=1S/C58H59N7O9/c1-37(2)47(53(68)72-3)61-57(71)64-45-27-22-39(21-20-38-14-7-4-8-15-38)36-44(45)58(55(64)70)46(52(67)62-30-32-63(33-31-62)56-59-28-13-29-60-56)49-54(69)74-50(41-18-11-6-12-19-41)48(40-16-9-5-10-17-40)65(49)51(58)42-23-25-43(26-24-42)73-35-34-66/h5-6,9-14,16-19,22-29,36-37,46-51,66H,4,7-8,15,30-35H2,1-3H3,(H,61,71)/t46-,47-,48-,49-,50+,51+,58-/m0/s1. The minimum atomic E-state index is -2.06. The molecular formula is C58H59N7O9. The number of ether oxygens (including phenoxy) is 3. The molecule has 3 fully saturated rings. The smallest absolute Gasteiger partial charge is 0.329 e. The Morgan fingerprint density at radius 1 is 0.838 bits per heavy atom. The molecular weight excluding hydrogens is 939 g/mol. The number of nitrogens with one attached hydrogen (secondary N) is 1. The summed E-state index contributed by atoms with van der Waals surface area (Å²) in [6, 6.07) is 27.6. The average molecular weight is 998 g/mol. The first-order valence-corrected chi connectivity index (χ1v) is 25.4. The number of piperazine rings is 1. The van der Waals surface area contributed by atoms with E-state index in [1.54, 1.807) is 67.5 Å². The second-order valence-electron chi connectivity index (χ2n) is 19.6. The summed E-state index contributed by atoms with van der Waals surface area (Å²) >= 11 is 0. The third-order valence-electron chi connectivity index (χ3n) is 15.0. The van der Waals surface area contributed by atoms with Crippen LogP contribution in [0, 0.1) is 23.7 Å². The van der Waals surface area contributed by atoms with Crippen molar-refractivity contribution in [2.75, 3.05) is 56.3 Å². The number of cyclic esters (lactones) is 1. The van der Waals surface area contributed by atoms with E-state index in [1.807, 2.05) is 82.6 Å². The Balaban J connectivity index is 1.24. The molecule has 0 saturated carbocycles. The first kappa shape index (κ1) is 49.7. The lowest BCUT2D eigenvalue weighted by atomic mass is 9.64. The number of imide groups is 1. The van der Waals surface area contributed by atoms with Crippen molar-refractivity contribution in [1.82, 2.24) is 25.1 Å². The summed E-state index contributed by atoms with van der Waals surface area (Å²) in [6.45, 7) is 4.42. The molecule has 4 aromatic carbocycles. The fraction of sp³-hybridized carbons (Fsp3) is 0.362. The van der Waals surface area contributed by atoms with Crippen molar-refractivity contribution >= 4 is 41.4 Å². The maximum absolute atomic E-state index is 16.9. The number of urea groups is 1. The van der Waals surface area contributed by atoms with E-state index in [9.17, 15) is 9.90 Å². The monoisotopic (exact) mass is 997 g/mol. The number of hydrogen-bond donors (Lipinski definition) is 2. The van der Waals surface area contributed by atoms with E-state index >= 15 is 19.2 Å². The molecule has 16 heteroatoms. The summed E-state index contributed by atoms with van der Waals surface area (Å²) in [5.41, 5.74) is 1.94. The molecule has 5 aromatic rings. The molecule has 7 atom stereocenters. The van der Waals surface area contributed by atoms with Crippen LogP contribution in [0.25, 0.3) is 0 Å². The summed E-state index contributed by atoms with van der Waals surface area (Å²) < 4.78 is 17.7. The van der Waals surface area contributed by atoms with Gasteiger partial charge in [0.2, 0.25) is 17.8 Å². The number of carbonyl (C=O) groups excluding carboxylic acids is 5. The molecule has 0 bridgehead atoms. The molecule has 5 heterocycles. The normalized spacial score (nSPS) is 23.8. The van der Waals surface area contributed by atoms with Crippen LogP contribution in [0.1, 0.15) is 85.5 Å². The van der Waals surface area contributed by atoms with Gasteiger partial charge in [-0.2, -0.15) is 0 Å². The number of fused-ring (bicyclic) bond motifs is 3. The van der Waals surface area contributed by atoms with Crippen molar-refractivity contribution in [3.8, 4) is 17.6 Å². The lowest BCUT2D eigenvalue weighted by molar-refractivity contribution is -0.179. The molecule has 1 aliphatic carbocycles. The molecule has 4 aliphatic heterocycles. The van der Waals surface area contributed by atoms with Gasteiger partial charge in [0, 0.05) is 44.1 Å². The molecule has 2 N–H and O–H groups in total. The van der Waals surface area contributed by atoms with Gasteiger partial charge in [-0.15, -0.1) is 0 Å². The number of amides is 4. The van der Waals surface area contributed by atoms with E-state index < -0.39 is 77.3 Å². The van der Waals surface area contributed by atoms with Gasteiger partial charge in [0.25, 0.3) is 0 Å². The predicted molar refractivity (Wildman–Crippen MR) is 274 cm³/mol. The Morgan fingerprint density at radius 3 is 2.19 bits per heavy atom. The number of anilines is 2. The summed E-state index contributed by atoms with van der Waals surface area (Å²) in [5.74, 6) is 3.03. The number of morpholine rings is 1. The van der Waals surface area contributed by atoms with E-state index in [0.29, 0.717) is 47.0 Å². The van der Waals surface area contributed by atoms with Crippen LogP contribution in [0.5, 0.6) is 5.75 Å². The minimum absolute atomic E-state index is 0.0292.